The summed E-state index contributed by atoms with van der Waals surface area (Å²) in [4.78, 5) is 11.0. The van der Waals surface area contributed by atoms with Crippen molar-refractivity contribution >= 4 is 16.0 Å². The molecule has 0 aliphatic heterocycles. The van der Waals surface area contributed by atoms with Gasteiger partial charge in [0.1, 0.15) is 0 Å². The molecule has 1 unspecified atom stereocenters. The second-order valence-corrected chi connectivity index (χ2v) is 5.12. The fourth-order valence-electron chi connectivity index (χ4n) is 0.826. The first-order valence-corrected chi connectivity index (χ1v) is 5.52. The Morgan fingerprint density at radius 3 is 2.43 bits per heavy atom. The molecule has 0 aromatic rings. The lowest BCUT2D eigenvalue weighted by Gasteiger charge is -2.19. The van der Waals surface area contributed by atoms with E-state index in [4.69, 9.17) is 5.11 Å². The summed E-state index contributed by atoms with van der Waals surface area (Å²) in [5.41, 5.74) is 0. The fraction of sp³-hybridized carbons (Fsp3) is 0.857. The number of ether oxygens (including phenoxy) is 1. The minimum atomic E-state index is -3.71. The van der Waals surface area contributed by atoms with Crippen LogP contribution in [0.1, 0.15) is 6.92 Å². The average molecular weight is 225 g/mol. The monoisotopic (exact) mass is 225 g/mol. The number of hydrogen-bond acceptors (Lipinski definition) is 5. The van der Waals surface area contributed by atoms with Gasteiger partial charge in [0, 0.05) is 13.6 Å². The molecule has 0 heterocycles. The van der Waals surface area contributed by atoms with Crippen LogP contribution in [0.5, 0.6) is 0 Å². The Morgan fingerprint density at radius 1 is 1.57 bits per heavy atom. The number of esters is 1. The Labute approximate surface area is 83.5 Å². The van der Waals surface area contributed by atoms with Crippen molar-refractivity contribution in [1.82, 2.24) is 4.31 Å². The van der Waals surface area contributed by atoms with E-state index in [1.807, 2.05) is 0 Å². The zero-order valence-corrected chi connectivity index (χ0v) is 9.24. The molecule has 0 rings (SSSR count). The quantitative estimate of drug-likeness (QED) is 0.594. The van der Waals surface area contributed by atoms with Gasteiger partial charge in [0.2, 0.25) is 10.0 Å². The van der Waals surface area contributed by atoms with Crippen molar-refractivity contribution in [3.63, 3.8) is 0 Å². The smallest absolute Gasteiger partial charge is 0.325 e. The number of aliphatic hydroxyl groups excluding tert-OH is 1. The van der Waals surface area contributed by atoms with Crippen molar-refractivity contribution in [1.29, 1.82) is 0 Å². The Balaban J connectivity index is 4.69. The molecule has 0 saturated carbocycles. The standard InChI is InChI=1S/C7H15NO5S/c1-6(7(10)13-3)14(11,12)8(2)4-5-9/h6,9H,4-5H2,1-3H3. The summed E-state index contributed by atoms with van der Waals surface area (Å²) >= 11 is 0. The van der Waals surface area contributed by atoms with Crippen molar-refractivity contribution in [2.24, 2.45) is 0 Å². The zero-order valence-electron chi connectivity index (χ0n) is 8.43. The van der Waals surface area contributed by atoms with Crippen LogP contribution in [0.25, 0.3) is 0 Å². The summed E-state index contributed by atoms with van der Waals surface area (Å²) in [6, 6.07) is 0. The second-order valence-electron chi connectivity index (χ2n) is 2.76. The van der Waals surface area contributed by atoms with Crippen LogP contribution in [0.15, 0.2) is 0 Å². The molecule has 0 radical (unpaired) electrons. The number of aliphatic hydroxyl groups is 1. The van der Waals surface area contributed by atoms with Gasteiger partial charge in [-0.2, -0.15) is 0 Å². The summed E-state index contributed by atoms with van der Waals surface area (Å²) in [7, 11) is -1.29. The van der Waals surface area contributed by atoms with Crippen molar-refractivity contribution in [3.05, 3.63) is 0 Å². The topological polar surface area (TPSA) is 83.9 Å². The molecule has 0 amide bonds. The summed E-state index contributed by atoms with van der Waals surface area (Å²) < 4.78 is 28.3. The number of carbonyl (C=O) groups excluding carboxylic acids is 1. The van der Waals surface area contributed by atoms with Crippen LogP contribution in [0.2, 0.25) is 0 Å². The Bertz CT molecular complexity index is 286. The van der Waals surface area contributed by atoms with Gasteiger partial charge in [-0.05, 0) is 6.92 Å². The average Bonchev–Trinajstić information content (AvgIpc) is 2.15. The molecule has 0 saturated heterocycles. The van der Waals surface area contributed by atoms with Crippen LogP contribution < -0.4 is 0 Å². The first-order valence-electron chi connectivity index (χ1n) is 4.01. The fourth-order valence-corrected chi connectivity index (χ4v) is 2.04. The first kappa shape index (κ1) is 13.3. The molecule has 6 nitrogen and oxygen atoms in total. The number of sulfonamides is 1. The highest BCUT2D eigenvalue weighted by Crippen LogP contribution is 2.07. The summed E-state index contributed by atoms with van der Waals surface area (Å²) in [6.07, 6.45) is 0. The Hall–Kier alpha value is -0.660. The summed E-state index contributed by atoms with van der Waals surface area (Å²) in [5, 5.41) is 7.31. The Morgan fingerprint density at radius 2 is 2.07 bits per heavy atom. The lowest BCUT2D eigenvalue weighted by atomic mass is 10.5. The van der Waals surface area contributed by atoms with Crippen LogP contribution in [-0.4, -0.2) is 56.4 Å². The largest absolute Gasteiger partial charge is 0.468 e. The van der Waals surface area contributed by atoms with Gasteiger partial charge in [-0.3, -0.25) is 4.79 Å². The number of methoxy groups -OCH3 is 1. The maximum atomic E-state index is 11.5. The highest BCUT2D eigenvalue weighted by atomic mass is 32.2. The first-order chi connectivity index (χ1) is 6.37. The predicted molar refractivity (Wildman–Crippen MR) is 50.1 cm³/mol. The van der Waals surface area contributed by atoms with E-state index in [0.29, 0.717) is 0 Å². The molecule has 7 heteroatoms. The molecular formula is C7H15NO5S. The van der Waals surface area contributed by atoms with Crippen LogP contribution >= 0.6 is 0 Å². The molecule has 0 aromatic carbocycles. The highest BCUT2D eigenvalue weighted by Gasteiger charge is 2.32. The van der Waals surface area contributed by atoms with Crippen molar-refractivity contribution < 1.29 is 23.1 Å². The van der Waals surface area contributed by atoms with Gasteiger partial charge in [0.25, 0.3) is 0 Å². The molecule has 84 valence electrons. The van der Waals surface area contributed by atoms with E-state index in [1.54, 1.807) is 0 Å². The lowest BCUT2D eigenvalue weighted by molar-refractivity contribution is -0.139. The van der Waals surface area contributed by atoms with E-state index in [2.05, 4.69) is 4.74 Å². The third-order valence-corrected chi connectivity index (χ3v) is 3.97. The molecule has 1 atom stereocenters. The molecule has 14 heavy (non-hydrogen) atoms. The van der Waals surface area contributed by atoms with Crippen molar-refractivity contribution in [3.8, 4) is 0 Å². The van der Waals surface area contributed by atoms with E-state index in [1.165, 1.54) is 14.0 Å². The number of hydrogen-bond donors (Lipinski definition) is 1. The van der Waals surface area contributed by atoms with Crippen molar-refractivity contribution in [2.45, 2.75) is 12.2 Å². The molecule has 0 bridgehead atoms. The number of rotatable bonds is 5. The zero-order chi connectivity index (χ0) is 11.4. The van der Waals surface area contributed by atoms with E-state index in [0.717, 1.165) is 11.4 Å². The maximum absolute atomic E-state index is 11.5. The summed E-state index contributed by atoms with van der Waals surface area (Å²) in [5.74, 6) is -0.810. The van der Waals surface area contributed by atoms with Gasteiger partial charge in [-0.15, -0.1) is 0 Å². The van der Waals surface area contributed by atoms with E-state index in [-0.39, 0.29) is 13.2 Å². The lowest BCUT2D eigenvalue weighted by Crippen LogP contribution is -2.40. The maximum Gasteiger partial charge on any atom is 0.325 e. The van der Waals surface area contributed by atoms with Crippen LogP contribution in [0.3, 0.4) is 0 Å². The van der Waals surface area contributed by atoms with Gasteiger partial charge in [-0.1, -0.05) is 0 Å². The minimum Gasteiger partial charge on any atom is -0.468 e. The van der Waals surface area contributed by atoms with Gasteiger partial charge in [0.15, 0.2) is 5.25 Å². The van der Waals surface area contributed by atoms with Crippen LogP contribution in [0, 0.1) is 0 Å². The molecule has 0 fully saturated rings. The molecular weight excluding hydrogens is 210 g/mol. The van der Waals surface area contributed by atoms with E-state index < -0.39 is 21.2 Å². The predicted octanol–water partition coefficient (Wildman–Crippen LogP) is -1.20. The number of nitrogens with zero attached hydrogens (tertiary/aromatic N) is 1. The second kappa shape index (κ2) is 5.28. The van der Waals surface area contributed by atoms with Gasteiger partial charge < -0.3 is 9.84 Å². The number of likely N-dealkylation sites (N-methyl/N-ethyl adjacent to an activating group) is 1. The molecule has 0 spiro atoms. The van der Waals surface area contributed by atoms with Gasteiger partial charge >= 0.3 is 5.97 Å². The van der Waals surface area contributed by atoms with Crippen molar-refractivity contribution in [2.75, 3.05) is 27.3 Å². The SMILES string of the molecule is COC(=O)C(C)S(=O)(=O)N(C)CCO. The van der Waals surface area contributed by atoms with Gasteiger partial charge in [0.05, 0.1) is 13.7 Å². The third-order valence-electron chi connectivity index (χ3n) is 1.83. The minimum absolute atomic E-state index is 0.0380. The summed E-state index contributed by atoms with van der Waals surface area (Å²) in [6.45, 7) is 0.919. The normalized spacial score (nSPS) is 14.1. The molecule has 0 aliphatic rings. The third kappa shape index (κ3) is 2.93. The number of carbonyl (C=O) groups is 1. The molecule has 0 aliphatic carbocycles. The van der Waals surface area contributed by atoms with Crippen LogP contribution in [0.4, 0.5) is 0 Å². The van der Waals surface area contributed by atoms with Crippen LogP contribution in [-0.2, 0) is 19.6 Å². The van der Waals surface area contributed by atoms with Gasteiger partial charge in [-0.25, -0.2) is 12.7 Å². The van der Waals surface area contributed by atoms with E-state index in [9.17, 15) is 13.2 Å². The molecule has 0 aromatic heterocycles. The molecule has 1 N–H and O–H groups in total. The Kier molecular flexibility index (Phi) is 5.03. The van der Waals surface area contributed by atoms with E-state index >= 15 is 0 Å². The highest BCUT2D eigenvalue weighted by molar-refractivity contribution is 7.90.